The molecule has 0 radical (unpaired) electrons. The first-order valence-electron chi connectivity index (χ1n) is 7.34. The minimum Gasteiger partial charge on any atom is -0.497 e. The molecule has 0 N–H and O–H groups in total. The molecule has 0 spiro atoms. The second-order valence-electron chi connectivity index (χ2n) is 5.26. The Balaban J connectivity index is 2.03. The van der Waals surface area contributed by atoms with Crippen molar-refractivity contribution in [2.45, 2.75) is 6.54 Å². The third kappa shape index (κ3) is 3.67. The number of rotatable bonds is 4. The molecule has 4 nitrogen and oxygen atoms in total. The van der Waals surface area contributed by atoms with Gasteiger partial charge in [-0.1, -0.05) is 29.3 Å². The van der Waals surface area contributed by atoms with Crippen LogP contribution in [0, 0.1) is 5.82 Å². The van der Waals surface area contributed by atoms with Crippen LogP contribution in [0.1, 0.15) is 5.56 Å². The van der Waals surface area contributed by atoms with Gasteiger partial charge in [0.15, 0.2) is 0 Å². The fraction of sp³-hybridized carbons (Fsp3) is 0.111. The summed E-state index contributed by atoms with van der Waals surface area (Å²) in [6.45, 7) is 0.0863. The quantitative estimate of drug-likeness (QED) is 0.675. The summed E-state index contributed by atoms with van der Waals surface area (Å²) in [5.74, 6) is -0.0924. The first-order chi connectivity index (χ1) is 12.0. The lowest BCUT2D eigenvalue weighted by atomic mass is 10.1. The molecule has 0 saturated heterocycles. The Morgan fingerprint density at radius 2 is 1.84 bits per heavy atom. The molecule has 0 aliphatic rings. The molecule has 0 atom stereocenters. The van der Waals surface area contributed by atoms with E-state index in [1.54, 1.807) is 30.3 Å². The van der Waals surface area contributed by atoms with Crippen LogP contribution in [0.3, 0.4) is 0 Å². The van der Waals surface area contributed by atoms with E-state index < -0.39 is 5.82 Å². The van der Waals surface area contributed by atoms with Gasteiger partial charge in [0.2, 0.25) is 0 Å². The molecule has 1 aromatic heterocycles. The van der Waals surface area contributed by atoms with Crippen molar-refractivity contribution in [1.29, 1.82) is 0 Å². The lowest BCUT2D eigenvalue weighted by molar-refractivity contribution is 0.411. The Hall–Kier alpha value is -2.37. The van der Waals surface area contributed by atoms with E-state index in [9.17, 15) is 9.18 Å². The summed E-state index contributed by atoms with van der Waals surface area (Å²) in [6.07, 6.45) is 0. The fourth-order valence-electron chi connectivity index (χ4n) is 2.37. The smallest absolute Gasteiger partial charge is 0.267 e. The molecule has 0 aliphatic heterocycles. The summed E-state index contributed by atoms with van der Waals surface area (Å²) in [7, 11) is 1.46. The number of ether oxygens (including phenoxy) is 1. The summed E-state index contributed by atoms with van der Waals surface area (Å²) in [5, 5.41) is 5.11. The Morgan fingerprint density at radius 1 is 1.12 bits per heavy atom. The summed E-state index contributed by atoms with van der Waals surface area (Å²) in [4.78, 5) is 12.1. The van der Waals surface area contributed by atoms with Crippen molar-refractivity contribution in [2.75, 3.05) is 7.11 Å². The van der Waals surface area contributed by atoms with Crippen molar-refractivity contribution in [3.63, 3.8) is 0 Å². The van der Waals surface area contributed by atoms with Gasteiger partial charge in [0.05, 0.1) is 19.3 Å². The molecular weight excluding hydrogens is 366 g/mol. The van der Waals surface area contributed by atoms with E-state index >= 15 is 0 Å². The molecule has 0 unspecified atom stereocenters. The Morgan fingerprint density at radius 3 is 2.48 bits per heavy atom. The number of nitrogens with zero attached hydrogens (tertiary/aromatic N) is 2. The zero-order chi connectivity index (χ0) is 18.0. The van der Waals surface area contributed by atoms with Crippen molar-refractivity contribution < 1.29 is 9.13 Å². The van der Waals surface area contributed by atoms with Crippen molar-refractivity contribution in [3.8, 4) is 17.0 Å². The molecule has 1 heterocycles. The van der Waals surface area contributed by atoms with Crippen molar-refractivity contribution in [2.24, 2.45) is 0 Å². The lowest BCUT2D eigenvalue weighted by Gasteiger charge is -2.11. The van der Waals surface area contributed by atoms with Crippen molar-refractivity contribution >= 4 is 23.2 Å². The summed E-state index contributed by atoms with van der Waals surface area (Å²) in [6, 6.07) is 12.3. The highest BCUT2D eigenvalue weighted by Crippen LogP contribution is 2.26. The van der Waals surface area contributed by atoms with Gasteiger partial charge in [-0.2, -0.15) is 5.10 Å². The molecule has 3 aromatic rings. The minimum atomic E-state index is -0.493. The highest BCUT2D eigenvalue weighted by molar-refractivity contribution is 6.35. The van der Waals surface area contributed by atoms with Crippen molar-refractivity contribution in [3.05, 3.63) is 80.3 Å². The van der Waals surface area contributed by atoms with Gasteiger partial charge >= 0.3 is 0 Å². The second kappa shape index (κ2) is 7.25. The molecule has 0 fully saturated rings. The summed E-state index contributed by atoms with van der Waals surface area (Å²) in [5.41, 5.74) is 0.823. The van der Waals surface area contributed by atoms with Crippen LogP contribution >= 0.6 is 23.2 Å². The third-order valence-electron chi connectivity index (χ3n) is 3.69. The first-order valence-corrected chi connectivity index (χ1v) is 8.10. The monoisotopic (exact) mass is 378 g/mol. The van der Waals surface area contributed by atoms with E-state index in [2.05, 4.69) is 5.10 Å². The van der Waals surface area contributed by atoms with Crippen LogP contribution in [0.5, 0.6) is 5.75 Å². The molecule has 128 valence electrons. The van der Waals surface area contributed by atoms with E-state index in [1.165, 1.54) is 30.0 Å². The maximum Gasteiger partial charge on any atom is 0.267 e. The van der Waals surface area contributed by atoms with Gasteiger partial charge in [-0.15, -0.1) is 0 Å². The van der Waals surface area contributed by atoms with Crippen LogP contribution in [-0.2, 0) is 6.54 Å². The molecule has 3 rings (SSSR count). The maximum absolute atomic E-state index is 14.3. The molecule has 7 heteroatoms. The number of benzene rings is 2. The highest BCUT2D eigenvalue weighted by atomic mass is 35.5. The van der Waals surface area contributed by atoms with Gasteiger partial charge in [0, 0.05) is 33.3 Å². The van der Waals surface area contributed by atoms with E-state index in [0.29, 0.717) is 27.1 Å². The largest absolute Gasteiger partial charge is 0.497 e. The van der Waals surface area contributed by atoms with Crippen LogP contribution in [0.15, 0.2) is 53.3 Å². The van der Waals surface area contributed by atoms with Crippen LogP contribution in [0.2, 0.25) is 10.0 Å². The molecule has 25 heavy (non-hydrogen) atoms. The zero-order valence-electron chi connectivity index (χ0n) is 13.2. The van der Waals surface area contributed by atoms with E-state index in [4.69, 9.17) is 27.9 Å². The fourth-order valence-corrected chi connectivity index (χ4v) is 2.89. The zero-order valence-corrected chi connectivity index (χ0v) is 14.7. The number of hydrogen-bond donors (Lipinski definition) is 0. The summed E-state index contributed by atoms with van der Waals surface area (Å²) < 4.78 is 20.5. The van der Waals surface area contributed by atoms with Gasteiger partial charge in [-0.3, -0.25) is 4.79 Å². The molecule has 0 bridgehead atoms. The van der Waals surface area contributed by atoms with E-state index in [1.807, 2.05) is 0 Å². The van der Waals surface area contributed by atoms with Gasteiger partial charge in [0.25, 0.3) is 5.56 Å². The molecule has 0 amide bonds. The first kappa shape index (κ1) is 17.5. The molecule has 2 aromatic carbocycles. The summed E-state index contributed by atoms with van der Waals surface area (Å²) >= 11 is 12.3. The van der Waals surface area contributed by atoms with Crippen LogP contribution in [-0.4, -0.2) is 16.9 Å². The van der Waals surface area contributed by atoms with Gasteiger partial charge in [-0.25, -0.2) is 9.07 Å². The Labute approximate surface area is 153 Å². The molecular formula is C18H13Cl2FN2O2. The second-order valence-corrected chi connectivity index (χ2v) is 6.07. The molecule has 0 aliphatic carbocycles. The predicted octanol–water partition coefficient (Wildman–Crippen LogP) is 4.41. The van der Waals surface area contributed by atoms with Gasteiger partial charge in [0.1, 0.15) is 11.6 Å². The predicted molar refractivity (Wildman–Crippen MR) is 96.0 cm³/mol. The number of aromatic nitrogens is 2. The normalized spacial score (nSPS) is 10.7. The average Bonchev–Trinajstić information content (AvgIpc) is 2.60. The van der Waals surface area contributed by atoms with Crippen LogP contribution in [0.25, 0.3) is 11.3 Å². The number of hydrogen-bond acceptors (Lipinski definition) is 3. The van der Waals surface area contributed by atoms with Crippen molar-refractivity contribution in [1.82, 2.24) is 9.78 Å². The highest BCUT2D eigenvalue weighted by Gasteiger charge is 2.12. The van der Waals surface area contributed by atoms with Crippen LogP contribution < -0.4 is 10.3 Å². The number of halogens is 3. The lowest BCUT2D eigenvalue weighted by Crippen LogP contribution is -2.23. The standard InChI is InChI=1S/C18H13Cl2FN2O2/c1-25-11-5-6-12(16(21)9-11)17-7-8-18(24)23(22-17)10-13-14(19)3-2-4-15(13)20/h2-9H,10H2,1H3. The number of methoxy groups -OCH3 is 1. The Bertz CT molecular complexity index is 969. The Kier molecular flexibility index (Phi) is 5.06. The average molecular weight is 379 g/mol. The van der Waals surface area contributed by atoms with Crippen LogP contribution in [0.4, 0.5) is 4.39 Å². The minimum absolute atomic E-state index is 0.0863. The van der Waals surface area contributed by atoms with Gasteiger partial charge < -0.3 is 4.74 Å². The molecule has 0 saturated carbocycles. The maximum atomic E-state index is 14.3. The SMILES string of the molecule is COc1ccc(-c2ccc(=O)n(Cc3c(Cl)cccc3Cl)n2)c(F)c1. The third-order valence-corrected chi connectivity index (χ3v) is 4.40. The van der Waals surface area contributed by atoms with E-state index in [-0.39, 0.29) is 17.7 Å². The van der Waals surface area contributed by atoms with E-state index in [0.717, 1.165) is 0 Å². The van der Waals surface area contributed by atoms with Gasteiger partial charge in [-0.05, 0) is 30.3 Å². The topological polar surface area (TPSA) is 44.1 Å².